The number of hydrogen-bond acceptors (Lipinski definition) is 4. The van der Waals surface area contributed by atoms with Gasteiger partial charge in [0.25, 0.3) is 5.56 Å². The van der Waals surface area contributed by atoms with Crippen LogP contribution in [0, 0.1) is 12.7 Å². The number of unbranched alkanes of at least 4 members (excludes halogenated alkanes) is 1. The van der Waals surface area contributed by atoms with Gasteiger partial charge in [-0.2, -0.15) is 0 Å². The SMILES string of the molecule is CCCCNc1nc(C)ncc1Cn1cccc(F)c1=O. The Morgan fingerprint density at radius 1 is 1.43 bits per heavy atom. The maximum atomic E-state index is 13.3. The van der Waals surface area contributed by atoms with Gasteiger partial charge < -0.3 is 9.88 Å². The molecule has 2 rings (SSSR count). The van der Waals surface area contributed by atoms with Gasteiger partial charge in [0, 0.05) is 24.5 Å². The van der Waals surface area contributed by atoms with Crippen molar-refractivity contribution >= 4 is 5.82 Å². The molecule has 0 aliphatic heterocycles. The van der Waals surface area contributed by atoms with Crippen molar-refractivity contribution in [1.82, 2.24) is 14.5 Å². The molecule has 0 aliphatic carbocycles. The molecule has 0 aromatic carbocycles. The summed E-state index contributed by atoms with van der Waals surface area (Å²) < 4.78 is 14.6. The van der Waals surface area contributed by atoms with Gasteiger partial charge in [0.15, 0.2) is 5.82 Å². The Morgan fingerprint density at radius 2 is 2.24 bits per heavy atom. The minimum absolute atomic E-state index is 0.241. The number of anilines is 1. The van der Waals surface area contributed by atoms with Crippen LogP contribution in [-0.2, 0) is 6.54 Å². The van der Waals surface area contributed by atoms with Gasteiger partial charge in [-0.3, -0.25) is 4.79 Å². The van der Waals surface area contributed by atoms with Gasteiger partial charge in [0.05, 0.1) is 6.54 Å². The number of aryl methyl sites for hydroxylation is 1. The van der Waals surface area contributed by atoms with Gasteiger partial charge in [0.1, 0.15) is 11.6 Å². The van der Waals surface area contributed by atoms with E-state index in [0.717, 1.165) is 31.0 Å². The molecule has 2 aromatic heterocycles. The lowest BCUT2D eigenvalue weighted by atomic mass is 10.2. The van der Waals surface area contributed by atoms with Crippen molar-refractivity contribution in [1.29, 1.82) is 0 Å². The lowest BCUT2D eigenvalue weighted by molar-refractivity contribution is 0.580. The van der Waals surface area contributed by atoms with Crippen LogP contribution in [0.2, 0.25) is 0 Å². The molecule has 6 heteroatoms. The van der Waals surface area contributed by atoms with Crippen LogP contribution in [0.4, 0.5) is 10.2 Å². The van der Waals surface area contributed by atoms with Crippen LogP contribution in [0.25, 0.3) is 0 Å². The molecule has 0 saturated heterocycles. The van der Waals surface area contributed by atoms with Crippen molar-refractivity contribution in [2.75, 3.05) is 11.9 Å². The molecule has 0 unspecified atom stereocenters. The molecule has 0 amide bonds. The van der Waals surface area contributed by atoms with E-state index in [4.69, 9.17) is 0 Å². The molecule has 0 saturated carbocycles. The molecule has 112 valence electrons. The summed E-state index contributed by atoms with van der Waals surface area (Å²) >= 11 is 0. The van der Waals surface area contributed by atoms with Crippen LogP contribution in [-0.4, -0.2) is 21.1 Å². The van der Waals surface area contributed by atoms with E-state index in [0.29, 0.717) is 11.6 Å². The summed E-state index contributed by atoms with van der Waals surface area (Å²) in [7, 11) is 0. The van der Waals surface area contributed by atoms with Crippen LogP contribution in [0.1, 0.15) is 31.2 Å². The monoisotopic (exact) mass is 290 g/mol. The van der Waals surface area contributed by atoms with Gasteiger partial charge in [-0.05, 0) is 25.5 Å². The first-order valence-electron chi connectivity index (χ1n) is 7.03. The Balaban J connectivity index is 2.26. The van der Waals surface area contributed by atoms with Crippen molar-refractivity contribution in [3.05, 3.63) is 52.1 Å². The number of rotatable bonds is 6. The van der Waals surface area contributed by atoms with Gasteiger partial charge in [-0.25, -0.2) is 14.4 Å². The summed E-state index contributed by atoms with van der Waals surface area (Å²) in [5.41, 5.74) is 0.127. The predicted molar refractivity (Wildman–Crippen MR) is 79.9 cm³/mol. The molecular formula is C15H19FN4O. The van der Waals surface area contributed by atoms with E-state index >= 15 is 0 Å². The van der Waals surface area contributed by atoms with Crippen molar-refractivity contribution in [3.63, 3.8) is 0 Å². The molecule has 21 heavy (non-hydrogen) atoms. The van der Waals surface area contributed by atoms with Gasteiger partial charge in [-0.1, -0.05) is 13.3 Å². The maximum absolute atomic E-state index is 13.3. The maximum Gasteiger partial charge on any atom is 0.286 e. The lowest BCUT2D eigenvalue weighted by Crippen LogP contribution is -2.23. The summed E-state index contributed by atoms with van der Waals surface area (Å²) in [5.74, 6) is 0.600. The van der Waals surface area contributed by atoms with E-state index in [-0.39, 0.29) is 6.54 Å². The van der Waals surface area contributed by atoms with Gasteiger partial charge in [0.2, 0.25) is 0 Å². The van der Waals surface area contributed by atoms with Crippen LogP contribution < -0.4 is 10.9 Å². The van der Waals surface area contributed by atoms with Crippen LogP contribution >= 0.6 is 0 Å². The highest BCUT2D eigenvalue weighted by Crippen LogP contribution is 2.13. The van der Waals surface area contributed by atoms with E-state index < -0.39 is 11.4 Å². The molecule has 0 radical (unpaired) electrons. The number of aromatic nitrogens is 3. The fourth-order valence-corrected chi connectivity index (χ4v) is 1.96. The number of hydrogen-bond donors (Lipinski definition) is 1. The third-order valence-corrected chi connectivity index (χ3v) is 3.12. The van der Waals surface area contributed by atoms with E-state index in [2.05, 4.69) is 22.2 Å². The molecule has 2 heterocycles. The second-order valence-electron chi connectivity index (χ2n) is 4.86. The molecule has 2 aromatic rings. The Bertz CT molecular complexity index is 669. The number of halogens is 1. The smallest absolute Gasteiger partial charge is 0.286 e. The first-order chi connectivity index (χ1) is 10.1. The molecule has 0 aliphatic rings. The highest BCUT2D eigenvalue weighted by atomic mass is 19.1. The molecular weight excluding hydrogens is 271 g/mol. The van der Waals surface area contributed by atoms with Gasteiger partial charge in [-0.15, -0.1) is 0 Å². The second-order valence-corrected chi connectivity index (χ2v) is 4.86. The highest BCUT2D eigenvalue weighted by Gasteiger charge is 2.08. The standard InChI is InChI=1S/C15H19FN4O/c1-3-4-7-17-14-12(9-18-11(2)19-14)10-20-8-5-6-13(16)15(20)21/h5-6,8-9H,3-4,7,10H2,1-2H3,(H,17,18,19). The van der Waals surface area contributed by atoms with Crippen molar-refractivity contribution in [3.8, 4) is 0 Å². The van der Waals surface area contributed by atoms with Crippen LogP contribution in [0.15, 0.2) is 29.3 Å². The molecule has 0 atom stereocenters. The first kappa shape index (κ1) is 15.2. The minimum Gasteiger partial charge on any atom is -0.370 e. The molecule has 0 bridgehead atoms. The third-order valence-electron chi connectivity index (χ3n) is 3.12. The van der Waals surface area contributed by atoms with Gasteiger partial charge >= 0.3 is 0 Å². The molecule has 0 fully saturated rings. The zero-order valence-corrected chi connectivity index (χ0v) is 12.3. The van der Waals surface area contributed by atoms with E-state index in [1.54, 1.807) is 12.4 Å². The number of pyridine rings is 1. The zero-order valence-electron chi connectivity index (χ0n) is 12.3. The van der Waals surface area contributed by atoms with Crippen LogP contribution in [0.5, 0.6) is 0 Å². The Hall–Kier alpha value is -2.24. The van der Waals surface area contributed by atoms with E-state index in [9.17, 15) is 9.18 Å². The molecule has 1 N–H and O–H groups in total. The summed E-state index contributed by atoms with van der Waals surface area (Å²) in [5, 5.41) is 3.25. The summed E-state index contributed by atoms with van der Waals surface area (Å²) in [6.45, 7) is 4.96. The average molecular weight is 290 g/mol. The number of nitrogens with one attached hydrogen (secondary N) is 1. The molecule has 5 nitrogen and oxygen atoms in total. The van der Waals surface area contributed by atoms with Crippen LogP contribution in [0.3, 0.4) is 0 Å². The lowest BCUT2D eigenvalue weighted by Gasteiger charge is -2.12. The van der Waals surface area contributed by atoms with Crippen molar-refractivity contribution in [2.45, 2.75) is 33.2 Å². The average Bonchev–Trinajstić information content (AvgIpc) is 2.46. The van der Waals surface area contributed by atoms with E-state index in [1.165, 1.54) is 10.6 Å². The minimum atomic E-state index is -0.758. The largest absolute Gasteiger partial charge is 0.370 e. The Morgan fingerprint density at radius 3 is 3.00 bits per heavy atom. The summed E-state index contributed by atoms with van der Waals surface area (Å²) in [6.07, 6.45) is 5.34. The normalized spacial score (nSPS) is 10.6. The highest BCUT2D eigenvalue weighted by molar-refractivity contribution is 5.43. The fourth-order valence-electron chi connectivity index (χ4n) is 1.96. The summed E-state index contributed by atoms with van der Waals surface area (Å²) in [6, 6.07) is 2.67. The topological polar surface area (TPSA) is 59.8 Å². The number of nitrogens with zero attached hydrogens (tertiary/aromatic N) is 3. The third kappa shape index (κ3) is 3.87. The Kier molecular flexibility index (Phi) is 5.03. The first-order valence-corrected chi connectivity index (χ1v) is 7.03. The zero-order chi connectivity index (χ0) is 15.2. The van der Waals surface area contributed by atoms with Crippen molar-refractivity contribution < 1.29 is 4.39 Å². The Labute approximate surface area is 122 Å². The summed E-state index contributed by atoms with van der Waals surface area (Å²) in [4.78, 5) is 20.3. The predicted octanol–water partition coefficient (Wildman–Crippen LogP) is 2.35. The van der Waals surface area contributed by atoms with Crippen molar-refractivity contribution in [2.24, 2.45) is 0 Å². The quantitative estimate of drug-likeness (QED) is 0.830. The van der Waals surface area contributed by atoms with E-state index in [1.807, 2.05) is 6.92 Å². The second kappa shape index (κ2) is 6.97. The molecule has 0 spiro atoms. The fraction of sp³-hybridized carbons (Fsp3) is 0.400.